The van der Waals surface area contributed by atoms with Crippen molar-refractivity contribution in [2.24, 2.45) is 0 Å². The second-order valence-electron chi connectivity index (χ2n) is 4.19. The summed E-state index contributed by atoms with van der Waals surface area (Å²) in [5.74, 6) is 0. The van der Waals surface area contributed by atoms with Gasteiger partial charge in [0, 0.05) is 11.0 Å². The first-order chi connectivity index (χ1) is 9.50. The molecule has 0 amide bonds. The summed E-state index contributed by atoms with van der Waals surface area (Å²) >= 11 is 4.72. The van der Waals surface area contributed by atoms with Gasteiger partial charge in [0.15, 0.2) is 0 Å². The molecule has 0 spiro atoms. The summed E-state index contributed by atoms with van der Waals surface area (Å²) in [6, 6.07) is 8.46. The summed E-state index contributed by atoms with van der Waals surface area (Å²) in [4.78, 5) is 0.199. The van der Waals surface area contributed by atoms with Crippen LogP contribution in [-0.4, -0.2) is 20.1 Å². The minimum atomic E-state index is -3.56. The van der Waals surface area contributed by atoms with Crippen molar-refractivity contribution in [1.82, 2.24) is 4.72 Å². The van der Waals surface area contributed by atoms with Gasteiger partial charge >= 0.3 is 0 Å². The van der Waals surface area contributed by atoms with Gasteiger partial charge in [-0.3, -0.25) is 0 Å². The number of halogens is 1. The Labute approximate surface area is 130 Å². The van der Waals surface area contributed by atoms with Crippen LogP contribution in [0, 0.1) is 0 Å². The Kier molecular flexibility index (Phi) is 5.34. The lowest BCUT2D eigenvalue weighted by Crippen LogP contribution is -2.26. The third-order valence-electron chi connectivity index (χ3n) is 2.76. The maximum absolute atomic E-state index is 12.1. The molecule has 0 unspecified atom stereocenters. The van der Waals surface area contributed by atoms with Gasteiger partial charge in [0.1, 0.15) is 0 Å². The van der Waals surface area contributed by atoms with E-state index in [0.29, 0.717) is 10.9 Å². The van der Waals surface area contributed by atoms with Crippen molar-refractivity contribution in [3.05, 3.63) is 51.1 Å². The molecule has 20 heavy (non-hydrogen) atoms. The third kappa shape index (κ3) is 3.89. The van der Waals surface area contributed by atoms with E-state index in [1.54, 1.807) is 18.2 Å². The number of nitrogens with one attached hydrogen (secondary N) is 1. The molecule has 4 nitrogen and oxygen atoms in total. The number of thiophene rings is 1. The van der Waals surface area contributed by atoms with E-state index in [1.807, 2.05) is 16.8 Å². The van der Waals surface area contributed by atoms with E-state index in [4.69, 9.17) is 0 Å². The average molecular weight is 376 g/mol. The Morgan fingerprint density at radius 2 is 2.05 bits per heavy atom. The highest BCUT2D eigenvalue weighted by molar-refractivity contribution is 9.10. The minimum Gasteiger partial charge on any atom is -0.388 e. The molecule has 1 aromatic carbocycles. The lowest BCUT2D eigenvalue weighted by atomic mass is 10.1. The molecule has 0 aliphatic heterocycles. The molecule has 108 valence electrons. The second kappa shape index (κ2) is 6.82. The van der Waals surface area contributed by atoms with Gasteiger partial charge in [0.05, 0.1) is 11.0 Å². The number of hydrogen-bond donors (Lipinski definition) is 2. The molecule has 0 fully saturated rings. The molecule has 0 radical (unpaired) electrons. The summed E-state index contributed by atoms with van der Waals surface area (Å²) in [5.41, 5.74) is 0.815. The molecule has 2 N–H and O–H groups in total. The average Bonchev–Trinajstić information content (AvgIpc) is 2.92. The predicted octanol–water partition coefficient (Wildman–Crippen LogP) is 2.91. The van der Waals surface area contributed by atoms with Gasteiger partial charge in [-0.2, -0.15) is 11.3 Å². The molecular weight excluding hydrogens is 362 g/mol. The molecular formula is C13H14BrNO3S2. The molecule has 0 saturated heterocycles. The number of sulfonamides is 1. The van der Waals surface area contributed by atoms with E-state index in [2.05, 4.69) is 20.7 Å². The molecule has 0 aliphatic rings. The van der Waals surface area contributed by atoms with E-state index in [0.717, 1.165) is 5.56 Å². The van der Waals surface area contributed by atoms with Crippen LogP contribution in [0.1, 0.15) is 18.1 Å². The highest BCUT2D eigenvalue weighted by Crippen LogP contribution is 2.22. The van der Waals surface area contributed by atoms with Crippen LogP contribution in [-0.2, 0) is 10.0 Å². The fraction of sp³-hybridized carbons (Fsp3) is 0.231. The molecule has 2 aromatic rings. The van der Waals surface area contributed by atoms with Crippen LogP contribution in [0.25, 0.3) is 0 Å². The van der Waals surface area contributed by atoms with Crippen molar-refractivity contribution in [3.63, 3.8) is 0 Å². The van der Waals surface area contributed by atoms with Gasteiger partial charge in [0.2, 0.25) is 10.0 Å². The van der Waals surface area contributed by atoms with Gasteiger partial charge in [-0.05, 0) is 56.9 Å². The molecule has 0 aliphatic carbocycles. The van der Waals surface area contributed by atoms with Crippen LogP contribution >= 0.6 is 27.3 Å². The summed E-state index contributed by atoms with van der Waals surface area (Å²) in [6.07, 6.45) is -0.316. The number of aliphatic hydroxyl groups excluding tert-OH is 1. The number of benzene rings is 1. The van der Waals surface area contributed by atoms with E-state index in [9.17, 15) is 13.5 Å². The smallest absolute Gasteiger partial charge is 0.241 e. The largest absolute Gasteiger partial charge is 0.388 e. The van der Waals surface area contributed by atoms with Crippen molar-refractivity contribution >= 4 is 37.3 Å². The van der Waals surface area contributed by atoms with Crippen molar-refractivity contribution < 1.29 is 13.5 Å². The Hall–Kier alpha value is -0.730. The summed E-state index contributed by atoms with van der Waals surface area (Å²) in [7, 11) is -3.56. The van der Waals surface area contributed by atoms with Gasteiger partial charge in [0.25, 0.3) is 0 Å². The van der Waals surface area contributed by atoms with Crippen LogP contribution in [0.4, 0.5) is 0 Å². The van der Waals surface area contributed by atoms with Crippen LogP contribution in [0.3, 0.4) is 0 Å². The molecule has 2 rings (SSSR count). The van der Waals surface area contributed by atoms with Gasteiger partial charge < -0.3 is 5.11 Å². The summed E-state index contributed by atoms with van der Waals surface area (Å²) in [5, 5.41) is 13.6. The van der Waals surface area contributed by atoms with E-state index in [-0.39, 0.29) is 11.4 Å². The fourth-order valence-corrected chi connectivity index (χ4v) is 4.46. The molecule has 1 atom stereocenters. The lowest BCUT2D eigenvalue weighted by Gasteiger charge is -2.11. The Morgan fingerprint density at radius 3 is 2.70 bits per heavy atom. The first-order valence-corrected chi connectivity index (χ1v) is 9.17. The maximum atomic E-state index is 12.1. The van der Waals surface area contributed by atoms with E-state index >= 15 is 0 Å². The number of rotatable bonds is 6. The SMILES string of the molecule is O=S(=O)(NCC[C@@H](O)c1ccsc1)c1ccccc1Br. The third-order valence-corrected chi connectivity index (χ3v) is 5.94. The standard InChI is InChI=1S/C13H14BrNO3S2/c14-11-3-1-2-4-13(11)20(17,18)15-7-5-12(16)10-6-8-19-9-10/h1-4,6,8-9,12,15-16H,5,7H2/t12-/m1/s1. The van der Waals surface area contributed by atoms with E-state index < -0.39 is 16.1 Å². The van der Waals surface area contributed by atoms with Gasteiger partial charge in [-0.15, -0.1) is 0 Å². The Balaban J connectivity index is 1.95. The fourth-order valence-electron chi connectivity index (χ4n) is 1.70. The van der Waals surface area contributed by atoms with Crippen LogP contribution < -0.4 is 4.72 Å². The zero-order valence-corrected chi connectivity index (χ0v) is 13.7. The highest BCUT2D eigenvalue weighted by Gasteiger charge is 2.17. The second-order valence-corrected chi connectivity index (χ2v) is 7.56. The molecule has 1 heterocycles. The Morgan fingerprint density at radius 1 is 1.30 bits per heavy atom. The maximum Gasteiger partial charge on any atom is 0.241 e. The predicted molar refractivity (Wildman–Crippen MR) is 83.2 cm³/mol. The van der Waals surface area contributed by atoms with Gasteiger partial charge in [-0.25, -0.2) is 13.1 Å². The van der Waals surface area contributed by atoms with E-state index in [1.165, 1.54) is 17.4 Å². The highest BCUT2D eigenvalue weighted by atomic mass is 79.9. The monoisotopic (exact) mass is 375 g/mol. The molecule has 7 heteroatoms. The molecule has 1 aromatic heterocycles. The lowest BCUT2D eigenvalue weighted by molar-refractivity contribution is 0.169. The number of aliphatic hydroxyl groups is 1. The van der Waals surface area contributed by atoms with Crippen molar-refractivity contribution in [2.45, 2.75) is 17.4 Å². The zero-order valence-electron chi connectivity index (χ0n) is 10.5. The topological polar surface area (TPSA) is 66.4 Å². The van der Waals surface area contributed by atoms with Crippen LogP contribution in [0.2, 0.25) is 0 Å². The van der Waals surface area contributed by atoms with Gasteiger partial charge in [-0.1, -0.05) is 12.1 Å². The Bertz CT molecular complexity index is 656. The van der Waals surface area contributed by atoms with Crippen molar-refractivity contribution in [2.75, 3.05) is 6.54 Å². The van der Waals surface area contributed by atoms with Crippen LogP contribution in [0.15, 0.2) is 50.5 Å². The molecule has 0 bridgehead atoms. The quantitative estimate of drug-likeness (QED) is 0.815. The first-order valence-electron chi connectivity index (χ1n) is 5.95. The normalized spacial score (nSPS) is 13.3. The first kappa shape index (κ1) is 15.7. The van der Waals surface area contributed by atoms with Crippen molar-refractivity contribution in [3.8, 4) is 0 Å². The zero-order chi connectivity index (χ0) is 14.6. The van der Waals surface area contributed by atoms with Crippen LogP contribution in [0.5, 0.6) is 0 Å². The number of hydrogen-bond acceptors (Lipinski definition) is 4. The summed E-state index contributed by atoms with van der Waals surface area (Å²) in [6.45, 7) is 0.181. The van der Waals surface area contributed by atoms with Crippen molar-refractivity contribution in [1.29, 1.82) is 0 Å². The summed E-state index contributed by atoms with van der Waals surface area (Å²) < 4.78 is 27.2. The minimum absolute atomic E-state index is 0.181. The molecule has 0 saturated carbocycles.